The van der Waals surface area contributed by atoms with Crippen LogP contribution in [0.2, 0.25) is 0 Å². The van der Waals surface area contributed by atoms with E-state index in [2.05, 4.69) is 5.32 Å². The Morgan fingerprint density at radius 1 is 1.17 bits per heavy atom. The van der Waals surface area contributed by atoms with Crippen LogP contribution in [0.5, 0.6) is 5.75 Å². The zero-order chi connectivity index (χ0) is 26.3. The molecule has 0 saturated heterocycles. The molecule has 192 valence electrons. The van der Waals surface area contributed by atoms with E-state index in [0.29, 0.717) is 23.4 Å². The maximum atomic E-state index is 13.3. The lowest BCUT2D eigenvalue weighted by atomic mass is 9.81. The molecule has 1 heterocycles. The van der Waals surface area contributed by atoms with Gasteiger partial charge in [0.1, 0.15) is 18.2 Å². The third-order valence-electron chi connectivity index (χ3n) is 6.58. The highest BCUT2D eigenvalue weighted by molar-refractivity contribution is 7.18. The Morgan fingerprint density at radius 3 is 2.39 bits per heavy atom. The van der Waals surface area contributed by atoms with Crippen LogP contribution in [-0.4, -0.2) is 28.0 Å². The summed E-state index contributed by atoms with van der Waals surface area (Å²) in [4.78, 5) is 29.9. The maximum Gasteiger partial charge on any atom is 0.416 e. The molecule has 0 aliphatic heterocycles. The fourth-order valence-electron chi connectivity index (χ4n) is 3.77. The van der Waals surface area contributed by atoms with Crippen LogP contribution >= 0.6 is 11.3 Å². The summed E-state index contributed by atoms with van der Waals surface area (Å²) in [5, 5.41) is 13.3. The van der Waals surface area contributed by atoms with E-state index in [9.17, 15) is 27.9 Å². The number of carbonyl (C=O) groups excluding carboxylic acids is 1. The zero-order valence-electron chi connectivity index (χ0n) is 20.1. The minimum Gasteiger partial charge on any atom is -0.486 e. The van der Waals surface area contributed by atoms with Crippen LogP contribution in [0.15, 0.2) is 36.4 Å². The number of benzene rings is 2. The molecule has 2 aromatic carbocycles. The summed E-state index contributed by atoms with van der Waals surface area (Å²) < 4.78 is 45.5. The number of fused-ring (bicyclic) bond motifs is 1. The quantitative estimate of drug-likeness (QED) is 0.341. The molecule has 2 N–H and O–H groups in total. The first-order chi connectivity index (χ1) is 16.9. The van der Waals surface area contributed by atoms with Crippen LogP contribution in [0.3, 0.4) is 0 Å². The predicted octanol–water partition coefficient (Wildman–Crippen LogP) is 6.39. The molecule has 0 spiro atoms. The van der Waals surface area contributed by atoms with Crippen molar-refractivity contribution in [3.05, 3.63) is 58.1 Å². The summed E-state index contributed by atoms with van der Waals surface area (Å²) in [6.07, 6.45) is -1.83. The van der Waals surface area contributed by atoms with Gasteiger partial charge >= 0.3 is 12.1 Å². The van der Waals surface area contributed by atoms with Crippen molar-refractivity contribution in [3.63, 3.8) is 0 Å². The van der Waals surface area contributed by atoms with Crippen molar-refractivity contribution in [2.45, 2.75) is 64.8 Å². The summed E-state index contributed by atoms with van der Waals surface area (Å²) >= 11 is 1.51. The minimum absolute atomic E-state index is 0.0867. The van der Waals surface area contributed by atoms with E-state index in [4.69, 9.17) is 9.72 Å². The number of nitrogens with one attached hydrogen (secondary N) is 1. The Labute approximate surface area is 210 Å². The van der Waals surface area contributed by atoms with Crippen LogP contribution in [0, 0.1) is 5.41 Å². The van der Waals surface area contributed by atoms with Gasteiger partial charge in [0.2, 0.25) is 0 Å². The molecular weight excluding hydrogens is 493 g/mol. The third-order valence-corrected chi connectivity index (χ3v) is 7.76. The number of hydrogen-bond donors (Lipinski definition) is 2. The third kappa shape index (κ3) is 5.48. The fraction of sp³-hybridized carbons (Fsp3) is 0.423. The summed E-state index contributed by atoms with van der Waals surface area (Å²) in [6.45, 7) is 5.29. The first-order valence-corrected chi connectivity index (χ1v) is 12.5. The molecule has 1 aliphatic carbocycles. The molecular formula is C26H27F3N2O4S. The molecule has 3 aromatic rings. The second-order valence-electron chi connectivity index (χ2n) is 9.69. The van der Waals surface area contributed by atoms with Gasteiger partial charge in [-0.3, -0.25) is 4.79 Å². The molecule has 4 rings (SSSR count). The van der Waals surface area contributed by atoms with E-state index >= 15 is 0 Å². The van der Waals surface area contributed by atoms with Crippen LogP contribution < -0.4 is 10.1 Å². The van der Waals surface area contributed by atoms with Crippen molar-refractivity contribution in [2.24, 2.45) is 5.41 Å². The number of hydrogen-bond acceptors (Lipinski definition) is 5. The molecule has 1 fully saturated rings. The second kappa shape index (κ2) is 9.72. The number of rotatable bonds is 9. The molecule has 1 amide bonds. The minimum atomic E-state index is -4.44. The van der Waals surface area contributed by atoms with Gasteiger partial charge in [0.15, 0.2) is 5.75 Å². The second-order valence-corrected chi connectivity index (χ2v) is 10.7. The molecule has 0 radical (unpaired) electrons. The van der Waals surface area contributed by atoms with Crippen molar-refractivity contribution < 1.29 is 32.6 Å². The zero-order valence-corrected chi connectivity index (χ0v) is 20.9. The molecule has 1 unspecified atom stereocenters. The molecule has 10 heteroatoms. The summed E-state index contributed by atoms with van der Waals surface area (Å²) in [7, 11) is 0. The number of aliphatic carboxylic acids is 1. The van der Waals surface area contributed by atoms with E-state index in [-0.39, 0.29) is 17.9 Å². The number of nitrogens with zero attached hydrogens (tertiary/aromatic N) is 1. The first kappa shape index (κ1) is 25.9. The van der Waals surface area contributed by atoms with Crippen LogP contribution in [0.25, 0.3) is 10.2 Å². The highest BCUT2D eigenvalue weighted by atomic mass is 32.1. The maximum absolute atomic E-state index is 13.3. The van der Waals surface area contributed by atoms with Gasteiger partial charge in [0.05, 0.1) is 20.8 Å². The van der Waals surface area contributed by atoms with Crippen LogP contribution in [-0.2, 0) is 17.6 Å². The molecule has 0 bridgehead atoms. The first-order valence-electron chi connectivity index (χ1n) is 11.7. The van der Waals surface area contributed by atoms with E-state index in [0.717, 1.165) is 34.7 Å². The van der Waals surface area contributed by atoms with Crippen molar-refractivity contribution in [1.82, 2.24) is 10.3 Å². The van der Waals surface area contributed by atoms with Crippen molar-refractivity contribution in [1.29, 1.82) is 0 Å². The monoisotopic (exact) mass is 520 g/mol. The average Bonchev–Trinajstić information content (AvgIpc) is 3.58. The van der Waals surface area contributed by atoms with E-state index in [1.165, 1.54) is 23.5 Å². The number of thiazole rings is 1. The lowest BCUT2D eigenvalue weighted by Crippen LogP contribution is -2.50. The summed E-state index contributed by atoms with van der Waals surface area (Å²) in [5.74, 6) is -1.20. The smallest absolute Gasteiger partial charge is 0.416 e. The Hall–Kier alpha value is -3.14. The van der Waals surface area contributed by atoms with Crippen LogP contribution in [0.4, 0.5) is 13.2 Å². The number of alkyl halides is 3. The topological polar surface area (TPSA) is 88.5 Å². The Kier molecular flexibility index (Phi) is 7.01. The van der Waals surface area contributed by atoms with E-state index in [1.54, 1.807) is 26.0 Å². The van der Waals surface area contributed by atoms with E-state index in [1.807, 2.05) is 6.92 Å². The van der Waals surface area contributed by atoms with Gasteiger partial charge in [0.25, 0.3) is 5.91 Å². The Bertz CT molecular complexity index is 1280. The highest BCUT2D eigenvalue weighted by Crippen LogP contribution is 2.45. The Balaban J connectivity index is 1.67. The normalized spacial score (nSPS) is 15.1. The Morgan fingerprint density at radius 2 is 1.83 bits per heavy atom. The fourth-order valence-corrected chi connectivity index (χ4v) is 4.90. The standard InChI is InChI=1S/C26H27F3N2O4S/c1-4-25(2,3)21(24(33)34)31-22(32)17-11-12-18-19(30-23(36-18)15-7-8-15)20(17)35-13-14-5-9-16(10-6-14)26(27,28)29/h5-6,9-12,15,21H,4,7-8,13H2,1-3H3,(H,31,32)(H,33,34). The van der Waals surface area contributed by atoms with Gasteiger partial charge in [-0.15, -0.1) is 11.3 Å². The lowest BCUT2D eigenvalue weighted by Gasteiger charge is -2.31. The van der Waals surface area contributed by atoms with Crippen molar-refractivity contribution >= 4 is 33.4 Å². The van der Waals surface area contributed by atoms with Crippen molar-refractivity contribution in [3.8, 4) is 5.75 Å². The van der Waals surface area contributed by atoms with Gasteiger partial charge in [0, 0.05) is 5.92 Å². The molecule has 1 aromatic heterocycles. The number of aromatic nitrogens is 1. The molecule has 1 aliphatic rings. The van der Waals surface area contributed by atoms with Gasteiger partial charge in [-0.1, -0.05) is 32.9 Å². The predicted molar refractivity (Wildman–Crippen MR) is 130 cm³/mol. The number of carboxylic acid groups (broad SMARTS) is 1. The van der Waals surface area contributed by atoms with Gasteiger partial charge < -0.3 is 15.2 Å². The van der Waals surface area contributed by atoms with Gasteiger partial charge in [-0.25, -0.2) is 9.78 Å². The van der Waals surface area contributed by atoms with E-state index < -0.39 is 35.1 Å². The summed E-state index contributed by atoms with van der Waals surface area (Å²) in [6, 6.07) is 6.81. The van der Waals surface area contributed by atoms with Crippen molar-refractivity contribution in [2.75, 3.05) is 0 Å². The number of carboxylic acids is 1. The number of amides is 1. The molecule has 1 saturated carbocycles. The molecule has 6 nitrogen and oxygen atoms in total. The average molecular weight is 521 g/mol. The number of ether oxygens (including phenoxy) is 1. The molecule has 1 atom stereocenters. The SMILES string of the molecule is CCC(C)(C)C(NC(=O)c1ccc2sc(C3CC3)nc2c1OCc1ccc(C(F)(F)F)cc1)C(=O)O. The highest BCUT2D eigenvalue weighted by Gasteiger charge is 2.36. The van der Waals surface area contributed by atoms with Gasteiger partial charge in [-0.2, -0.15) is 13.2 Å². The van der Waals surface area contributed by atoms with Crippen LogP contribution in [0.1, 0.15) is 72.4 Å². The lowest BCUT2D eigenvalue weighted by molar-refractivity contribution is -0.142. The van der Waals surface area contributed by atoms with Gasteiger partial charge in [-0.05, 0) is 54.5 Å². The number of carbonyl (C=O) groups is 2. The molecule has 36 heavy (non-hydrogen) atoms. The number of halogens is 3. The largest absolute Gasteiger partial charge is 0.486 e. The summed E-state index contributed by atoms with van der Waals surface area (Å²) in [5.41, 5.74) is -0.366.